The van der Waals surface area contributed by atoms with Gasteiger partial charge in [-0.05, 0) is 36.3 Å². The third-order valence-electron chi connectivity index (χ3n) is 2.73. The van der Waals surface area contributed by atoms with Crippen LogP contribution in [0.3, 0.4) is 0 Å². The Balaban J connectivity index is 1.80. The zero-order valence-electron chi connectivity index (χ0n) is 9.01. The highest BCUT2D eigenvalue weighted by atomic mass is 79.9. The summed E-state index contributed by atoms with van der Waals surface area (Å²) in [5.74, 6) is 1.33. The predicted octanol–water partition coefficient (Wildman–Crippen LogP) is 4.09. The molecule has 1 aromatic rings. The molecule has 16 heavy (non-hydrogen) atoms. The molecule has 0 radical (unpaired) electrons. The molecule has 0 bridgehead atoms. The van der Waals surface area contributed by atoms with Crippen LogP contribution in [0.5, 0.6) is 0 Å². The molecule has 1 unspecified atom stereocenters. The summed E-state index contributed by atoms with van der Waals surface area (Å²) >= 11 is 11.5. The van der Waals surface area contributed by atoms with Gasteiger partial charge < -0.3 is 5.32 Å². The Kier molecular flexibility index (Phi) is 5.01. The Morgan fingerprint density at radius 3 is 3.06 bits per heavy atom. The van der Waals surface area contributed by atoms with E-state index in [4.69, 9.17) is 11.6 Å². The molecule has 4 heteroatoms. The zero-order valence-corrected chi connectivity index (χ0v) is 12.2. The first-order chi connectivity index (χ1) is 7.75. The van der Waals surface area contributed by atoms with Gasteiger partial charge in [0.2, 0.25) is 0 Å². The quantitative estimate of drug-likeness (QED) is 0.897. The average molecular weight is 321 g/mol. The maximum absolute atomic E-state index is 5.90. The van der Waals surface area contributed by atoms with Gasteiger partial charge in [-0.1, -0.05) is 33.6 Å². The fourth-order valence-corrected chi connectivity index (χ4v) is 3.90. The number of benzene rings is 1. The van der Waals surface area contributed by atoms with E-state index in [1.54, 1.807) is 0 Å². The van der Waals surface area contributed by atoms with Crippen molar-refractivity contribution in [2.45, 2.75) is 24.6 Å². The van der Waals surface area contributed by atoms with Gasteiger partial charge in [-0.2, -0.15) is 11.8 Å². The maximum Gasteiger partial charge on any atom is 0.0417 e. The number of hydrogen-bond donors (Lipinski definition) is 1. The second-order valence-electron chi connectivity index (χ2n) is 4.00. The molecule has 1 atom stereocenters. The summed E-state index contributed by atoms with van der Waals surface area (Å²) in [7, 11) is 0. The van der Waals surface area contributed by atoms with Crippen LogP contribution >= 0.6 is 39.3 Å². The highest BCUT2D eigenvalue weighted by Crippen LogP contribution is 2.25. The molecule has 1 N–H and O–H groups in total. The standard InChI is InChI=1S/C12H15BrClNS/c13-12-6-10(14)4-3-9(12)7-15-8-11-2-1-5-16-11/h3-4,6,11,15H,1-2,5,7-8H2. The van der Waals surface area contributed by atoms with Crippen LogP contribution in [0.15, 0.2) is 22.7 Å². The van der Waals surface area contributed by atoms with Gasteiger partial charge in [0.05, 0.1) is 0 Å². The van der Waals surface area contributed by atoms with E-state index in [2.05, 4.69) is 39.1 Å². The number of halogens is 2. The molecule has 1 aliphatic rings. The lowest BCUT2D eigenvalue weighted by Crippen LogP contribution is -2.22. The third-order valence-corrected chi connectivity index (χ3v) is 5.10. The monoisotopic (exact) mass is 319 g/mol. The van der Waals surface area contributed by atoms with E-state index in [9.17, 15) is 0 Å². The maximum atomic E-state index is 5.90. The number of nitrogens with one attached hydrogen (secondary N) is 1. The van der Waals surface area contributed by atoms with Crippen molar-refractivity contribution in [1.82, 2.24) is 5.32 Å². The highest BCUT2D eigenvalue weighted by molar-refractivity contribution is 9.10. The second kappa shape index (κ2) is 6.29. The molecule has 2 rings (SSSR count). The van der Waals surface area contributed by atoms with Gasteiger partial charge in [0.25, 0.3) is 0 Å². The van der Waals surface area contributed by atoms with Crippen molar-refractivity contribution in [3.05, 3.63) is 33.3 Å². The molecule has 0 aromatic heterocycles. The normalized spacial score (nSPS) is 20.2. The van der Waals surface area contributed by atoms with Crippen molar-refractivity contribution in [1.29, 1.82) is 0 Å². The van der Waals surface area contributed by atoms with Gasteiger partial charge in [0.15, 0.2) is 0 Å². The molecular weight excluding hydrogens is 306 g/mol. The van der Waals surface area contributed by atoms with E-state index >= 15 is 0 Å². The molecule has 88 valence electrons. The lowest BCUT2D eigenvalue weighted by atomic mass is 10.2. The first-order valence-electron chi connectivity index (χ1n) is 5.52. The average Bonchev–Trinajstić information content (AvgIpc) is 2.74. The molecule has 1 heterocycles. The van der Waals surface area contributed by atoms with Crippen molar-refractivity contribution in [3.8, 4) is 0 Å². The van der Waals surface area contributed by atoms with Crippen molar-refractivity contribution in [2.24, 2.45) is 0 Å². The van der Waals surface area contributed by atoms with Gasteiger partial charge >= 0.3 is 0 Å². The zero-order chi connectivity index (χ0) is 11.4. The van der Waals surface area contributed by atoms with Gasteiger partial charge in [-0.15, -0.1) is 0 Å². The van der Waals surface area contributed by atoms with Gasteiger partial charge in [0.1, 0.15) is 0 Å². The molecule has 0 amide bonds. The number of hydrogen-bond acceptors (Lipinski definition) is 2. The summed E-state index contributed by atoms with van der Waals surface area (Å²) in [4.78, 5) is 0. The summed E-state index contributed by atoms with van der Waals surface area (Å²) in [6.45, 7) is 2.02. The van der Waals surface area contributed by atoms with E-state index in [0.717, 1.165) is 27.8 Å². The molecular formula is C12H15BrClNS. The van der Waals surface area contributed by atoms with Crippen LogP contribution in [-0.4, -0.2) is 17.5 Å². The summed E-state index contributed by atoms with van der Waals surface area (Å²) in [5, 5.41) is 5.10. The first kappa shape index (κ1) is 12.7. The fraction of sp³-hybridized carbons (Fsp3) is 0.500. The molecule has 0 saturated carbocycles. The smallest absolute Gasteiger partial charge is 0.0417 e. The molecule has 1 nitrogen and oxygen atoms in total. The van der Waals surface area contributed by atoms with Crippen LogP contribution in [0, 0.1) is 0 Å². The summed E-state index contributed by atoms with van der Waals surface area (Å²) < 4.78 is 1.09. The van der Waals surface area contributed by atoms with Crippen LogP contribution in [0.1, 0.15) is 18.4 Å². The lowest BCUT2D eigenvalue weighted by Gasteiger charge is -2.11. The summed E-state index contributed by atoms with van der Waals surface area (Å²) in [5.41, 5.74) is 1.27. The Morgan fingerprint density at radius 2 is 2.38 bits per heavy atom. The number of rotatable bonds is 4. The summed E-state index contributed by atoms with van der Waals surface area (Å²) in [6, 6.07) is 5.96. The Hall–Kier alpha value is 0.300. The fourth-order valence-electron chi connectivity index (χ4n) is 1.84. The SMILES string of the molecule is Clc1ccc(CNCC2CCCS2)c(Br)c1. The molecule has 1 saturated heterocycles. The van der Waals surface area contributed by atoms with E-state index in [-0.39, 0.29) is 0 Å². The molecule has 1 fully saturated rings. The predicted molar refractivity (Wildman–Crippen MR) is 76.3 cm³/mol. The highest BCUT2D eigenvalue weighted by Gasteiger charge is 2.14. The minimum atomic E-state index is 0.780. The van der Waals surface area contributed by atoms with Crippen LogP contribution in [0.25, 0.3) is 0 Å². The molecule has 1 aliphatic heterocycles. The van der Waals surface area contributed by atoms with Crippen molar-refractivity contribution in [2.75, 3.05) is 12.3 Å². The Morgan fingerprint density at radius 1 is 1.50 bits per heavy atom. The first-order valence-corrected chi connectivity index (χ1v) is 7.74. The van der Waals surface area contributed by atoms with Gasteiger partial charge in [0, 0.05) is 27.8 Å². The largest absolute Gasteiger partial charge is 0.312 e. The Labute approximate surface area is 114 Å². The van der Waals surface area contributed by atoms with E-state index in [1.165, 1.54) is 24.2 Å². The van der Waals surface area contributed by atoms with E-state index in [0.29, 0.717) is 0 Å². The van der Waals surface area contributed by atoms with Crippen LogP contribution in [0.2, 0.25) is 5.02 Å². The van der Waals surface area contributed by atoms with Crippen LogP contribution < -0.4 is 5.32 Å². The van der Waals surface area contributed by atoms with E-state index in [1.807, 2.05) is 12.1 Å². The molecule has 1 aromatic carbocycles. The van der Waals surface area contributed by atoms with Gasteiger partial charge in [-0.25, -0.2) is 0 Å². The Bertz CT molecular complexity index is 353. The van der Waals surface area contributed by atoms with Crippen molar-refractivity contribution >= 4 is 39.3 Å². The second-order valence-corrected chi connectivity index (χ2v) is 6.70. The van der Waals surface area contributed by atoms with Crippen molar-refractivity contribution < 1.29 is 0 Å². The minimum Gasteiger partial charge on any atom is -0.312 e. The van der Waals surface area contributed by atoms with Crippen molar-refractivity contribution in [3.63, 3.8) is 0 Å². The van der Waals surface area contributed by atoms with Crippen LogP contribution in [0.4, 0.5) is 0 Å². The van der Waals surface area contributed by atoms with E-state index < -0.39 is 0 Å². The molecule has 0 spiro atoms. The topological polar surface area (TPSA) is 12.0 Å². The summed E-state index contributed by atoms with van der Waals surface area (Å²) in [6.07, 6.45) is 2.74. The number of thioether (sulfide) groups is 1. The lowest BCUT2D eigenvalue weighted by molar-refractivity contribution is 0.645. The minimum absolute atomic E-state index is 0.780. The molecule has 0 aliphatic carbocycles. The van der Waals surface area contributed by atoms with Gasteiger partial charge in [-0.3, -0.25) is 0 Å². The van der Waals surface area contributed by atoms with Crippen LogP contribution in [-0.2, 0) is 6.54 Å². The third kappa shape index (κ3) is 3.66.